The fourth-order valence-corrected chi connectivity index (χ4v) is 2.76. The molecule has 0 bridgehead atoms. The van der Waals surface area contributed by atoms with Gasteiger partial charge in [0.2, 0.25) is 6.10 Å². The zero-order chi connectivity index (χ0) is 19.4. The van der Waals surface area contributed by atoms with E-state index in [0.29, 0.717) is 5.13 Å². The zero-order valence-electron chi connectivity index (χ0n) is 13.5. The van der Waals surface area contributed by atoms with Gasteiger partial charge in [0.05, 0.1) is 5.56 Å². The molecule has 1 aromatic heterocycles. The van der Waals surface area contributed by atoms with Crippen molar-refractivity contribution in [2.45, 2.75) is 12.3 Å². The number of carbonyl (C=O) groups is 1. The molecule has 1 N–H and O–H groups in total. The molecule has 0 spiro atoms. The van der Waals surface area contributed by atoms with Gasteiger partial charge in [-0.15, -0.1) is 11.3 Å². The van der Waals surface area contributed by atoms with Gasteiger partial charge in [-0.3, -0.25) is 10.1 Å². The number of thiazole rings is 1. The first-order valence-corrected chi connectivity index (χ1v) is 8.50. The third-order valence-electron chi connectivity index (χ3n) is 3.51. The second-order valence-electron chi connectivity index (χ2n) is 5.40. The molecule has 2 aromatic carbocycles. The van der Waals surface area contributed by atoms with E-state index in [-0.39, 0.29) is 11.3 Å². The number of nitrogens with zero attached hydrogens (tertiary/aromatic N) is 1. The van der Waals surface area contributed by atoms with Crippen LogP contribution in [0.5, 0.6) is 5.75 Å². The average molecular weight is 396 g/mol. The normalized spacial score (nSPS) is 12.4. The highest BCUT2D eigenvalue weighted by molar-refractivity contribution is 7.13. The molecule has 3 aromatic rings. The Morgan fingerprint density at radius 3 is 2.30 bits per heavy atom. The van der Waals surface area contributed by atoms with Crippen LogP contribution in [0.4, 0.5) is 22.7 Å². The largest absolute Gasteiger partial charge is 0.476 e. The summed E-state index contributed by atoms with van der Waals surface area (Å²) in [6.45, 7) is 0. The van der Waals surface area contributed by atoms with Crippen LogP contribution in [0.15, 0.2) is 60.1 Å². The maximum atomic E-state index is 13.1. The first-order chi connectivity index (χ1) is 12.8. The van der Waals surface area contributed by atoms with E-state index < -0.39 is 29.6 Å². The lowest BCUT2D eigenvalue weighted by Gasteiger charge is -2.19. The molecular formula is C18H12F4N2O2S. The summed E-state index contributed by atoms with van der Waals surface area (Å²) in [5.41, 5.74) is -0.631. The van der Waals surface area contributed by atoms with Crippen molar-refractivity contribution in [1.82, 2.24) is 4.98 Å². The molecule has 140 valence electrons. The van der Waals surface area contributed by atoms with Crippen LogP contribution in [-0.4, -0.2) is 10.9 Å². The van der Waals surface area contributed by atoms with Gasteiger partial charge in [-0.1, -0.05) is 12.1 Å². The maximum Gasteiger partial charge on any atom is 0.416 e. The summed E-state index contributed by atoms with van der Waals surface area (Å²) in [7, 11) is 0. The summed E-state index contributed by atoms with van der Waals surface area (Å²) in [6, 6.07) is 9.01. The third-order valence-corrected chi connectivity index (χ3v) is 4.20. The lowest BCUT2D eigenvalue weighted by atomic mass is 10.1. The molecular weight excluding hydrogens is 384 g/mol. The van der Waals surface area contributed by atoms with E-state index in [9.17, 15) is 22.4 Å². The summed E-state index contributed by atoms with van der Waals surface area (Å²) >= 11 is 1.18. The van der Waals surface area contributed by atoms with E-state index in [2.05, 4.69) is 10.3 Å². The number of nitrogens with one attached hydrogen (secondary N) is 1. The van der Waals surface area contributed by atoms with Crippen molar-refractivity contribution in [3.05, 3.63) is 77.1 Å². The Morgan fingerprint density at radius 1 is 1.07 bits per heavy atom. The van der Waals surface area contributed by atoms with Crippen LogP contribution >= 0.6 is 11.3 Å². The van der Waals surface area contributed by atoms with Crippen molar-refractivity contribution in [2.75, 3.05) is 5.32 Å². The van der Waals surface area contributed by atoms with Crippen molar-refractivity contribution in [2.24, 2.45) is 0 Å². The van der Waals surface area contributed by atoms with Crippen LogP contribution in [0, 0.1) is 5.82 Å². The topological polar surface area (TPSA) is 51.2 Å². The zero-order valence-corrected chi connectivity index (χ0v) is 14.4. The Hall–Kier alpha value is -2.94. The molecule has 0 radical (unpaired) electrons. The Balaban J connectivity index is 1.88. The number of rotatable bonds is 5. The van der Waals surface area contributed by atoms with Gasteiger partial charge in [0.1, 0.15) is 11.6 Å². The summed E-state index contributed by atoms with van der Waals surface area (Å²) in [6.07, 6.45) is -4.25. The fraction of sp³-hybridized carbons (Fsp3) is 0.111. The van der Waals surface area contributed by atoms with Crippen molar-refractivity contribution >= 4 is 22.4 Å². The van der Waals surface area contributed by atoms with Gasteiger partial charge in [-0.05, 0) is 36.4 Å². The van der Waals surface area contributed by atoms with Crippen molar-refractivity contribution in [3.63, 3.8) is 0 Å². The third kappa shape index (κ3) is 4.82. The fourth-order valence-electron chi connectivity index (χ4n) is 2.23. The van der Waals surface area contributed by atoms with Gasteiger partial charge in [0.25, 0.3) is 5.91 Å². The SMILES string of the molecule is O=C(Nc1nccs1)C(Oc1ccc(F)cc1)c1ccc(C(F)(F)F)cc1. The highest BCUT2D eigenvalue weighted by Gasteiger charge is 2.31. The summed E-state index contributed by atoms with van der Waals surface area (Å²) in [5, 5.41) is 4.52. The molecule has 0 aliphatic heterocycles. The molecule has 1 unspecified atom stereocenters. The van der Waals surface area contributed by atoms with Gasteiger partial charge in [0.15, 0.2) is 5.13 Å². The van der Waals surface area contributed by atoms with E-state index >= 15 is 0 Å². The van der Waals surface area contributed by atoms with Gasteiger partial charge in [-0.25, -0.2) is 9.37 Å². The van der Waals surface area contributed by atoms with Crippen LogP contribution in [0.3, 0.4) is 0 Å². The van der Waals surface area contributed by atoms with Crippen LogP contribution in [-0.2, 0) is 11.0 Å². The van der Waals surface area contributed by atoms with E-state index in [4.69, 9.17) is 4.74 Å². The molecule has 3 rings (SSSR count). The van der Waals surface area contributed by atoms with Crippen molar-refractivity contribution < 1.29 is 27.1 Å². The number of ether oxygens (including phenoxy) is 1. The smallest absolute Gasteiger partial charge is 0.416 e. The summed E-state index contributed by atoms with van der Waals surface area (Å²) < 4.78 is 57.0. The van der Waals surface area contributed by atoms with Crippen molar-refractivity contribution in [1.29, 1.82) is 0 Å². The van der Waals surface area contributed by atoms with E-state index in [1.165, 1.54) is 41.8 Å². The highest BCUT2D eigenvalue weighted by Crippen LogP contribution is 2.31. The number of hydrogen-bond acceptors (Lipinski definition) is 4. The molecule has 0 fully saturated rings. The Bertz CT molecular complexity index is 895. The number of carbonyl (C=O) groups excluding carboxylic acids is 1. The summed E-state index contributed by atoms with van der Waals surface area (Å²) in [5.74, 6) is -0.912. The number of aromatic nitrogens is 1. The molecule has 0 saturated heterocycles. The molecule has 27 heavy (non-hydrogen) atoms. The predicted molar refractivity (Wildman–Crippen MR) is 92.0 cm³/mol. The van der Waals surface area contributed by atoms with E-state index in [1.807, 2.05) is 0 Å². The minimum Gasteiger partial charge on any atom is -0.476 e. The average Bonchev–Trinajstić information content (AvgIpc) is 3.13. The minimum absolute atomic E-state index is 0.190. The maximum absolute atomic E-state index is 13.1. The molecule has 1 heterocycles. The van der Waals surface area contributed by atoms with Crippen LogP contribution < -0.4 is 10.1 Å². The predicted octanol–water partition coefficient (Wildman–Crippen LogP) is 5.06. The van der Waals surface area contributed by atoms with Gasteiger partial charge >= 0.3 is 6.18 Å². The van der Waals surface area contributed by atoms with E-state index in [1.54, 1.807) is 5.38 Å². The first-order valence-electron chi connectivity index (χ1n) is 7.62. The second-order valence-corrected chi connectivity index (χ2v) is 6.29. The highest BCUT2D eigenvalue weighted by atomic mass is 32.1. The summed E-state index contributed by atoms with van der Waals surface area (Å²) in [4.78, 5) is 16.5. The quantitative estimate of drug-likeness (QED) is 0.614. The monoisotopic (exact) mass is 396 g/mol. The Labute approximate surface area is 155 Å². The first kappa shape index (κ1) is 18.8. The number of halogens is 4. The number of hydrogen-bond donors (Lipinski definition) is 1. The lowest BCUT2D eigenvalue weighted by Crippen LogP contribution is -2.25. The second kappa shape index (κ2) is 7.75. The Morgan fingerprint density at radius 2 is 1.74 bits per heavy atom. The van der Waals surface area contributed by atoms with Crippen molar-refractivity contribution in [3.8, 4) is 5.75 Å². The molecule has 4 nitrogen and oxygen atoms in total. The number of benzene rings is 2. The van der Waals surface area contributed by atoms with Crippen LogP contribution in [0.25, 0.3) is 0 Å². The standard InChI is InChI=1S/C18H12F4N2O2S/c19-13-5-7-14(8-6-13)26-15(16(25)24-17-23-9-10-27-17)11-1-3-12(4-2-11)18(20,21)22/h1-10,15H,(H,23,24,25). The number of amides is 1. The van der Waals surface area contributed by atoms with Crippen LogP contribution in [0.2, 0.25) is 0 Å². The number of alkyl halides is 3. The molecule has 0 saturated carbocycles. The van der Waals surface area contributed by atoms with E-state index in [0.717, 1.165) is 24.3 Å². The van der Waals surface area contributed by atoms with Gasteiger partial charge in [0, 0.05) is 17.1 Å². The molecule has 9 heteroatoms. The van der Waals surface area contributed by atoms with Crippen LogP contribution in [0.1, 0.15) is 17.2 Å². The number of anilines is 1. The molecule has 0 aliphatic carbocycles. The lowest BCUT2D eigenvalue weighted by molar-refractivity contribution is -0.137. The van der Waals surface area contributed by atoms with Gasteiger partial charge < -0.3 is 4.74 Å². The molecule has 1 amide bonds. The van der Waals surface area contributed by atoms with Gasteiger partial charge in [-0.2, -0.15) is 13.2 Å². The molecule has 0 aliphatic rings. The Kier molecular flexibility index (Phi) is 5.41. The molecule has 1 atom stereocenters. The minimum atomic E-state index is -4.49.